The minimum atomic E-state index is -1.13. The fourth-order valence-corrected chi connectivity index (χ4v) is 1.10. The molecule has 0 spiro atoms. The van der Waals surface area contributed by atoms with Crippen molar-refractivity contribution in [1.29, 1.82) is 0 Å². The van der Waals surface area contributed by atoms with Gasteiger partial charge in [0, 0.05) is 6.42 Å². The summed E-state index contributed by atoms with van der Waals surface area (Å²) in [7, 11) is 0. The van der Waals surface area contributed by atoms with E-state index in [2.05, 4.69) is 11.9 Å². The third-order valence-corrected chi connectivity index (χ3v) is 1.93. The molecule has 0 aromatic carbocycles. The first kappa shape index (κ1) is 16.6. The van der Waals surface area contributed by atoms with Crippen LogP contribution < -0.4 is 5.32 Å². The minimum Gasteiger partial charge on any atom is -0.480 e. The average Bonchev–Trinajstić information content (AvgIpc) is 2.27. The zero-order chi connectivity index (χ0) is 14.0. The first-order valence-electron chi connectivity index (χ1n) is 5.79. The topological polar surface area (TPSA) is 84.9 Å². The van der Waals surface area contributed by atoms with Gasteiger partial charge >= 0.3 is 5.97 Å². The summed E-state index contributed by atoms with van der Waals surface area (Å²) in [5.41, 5.74) is 0. The largest absolute Gasteiger partial charge is 0.480 e. The van der Waals surface area contributed by atoms with Gasteiger partial charge in [-0.15, -0.1) is 6.58 Å². The predicted octanol–water partition coefficient (Wildman–Crippen LogP) is 0.573. The summed E-state index contributed by atoms with van der Waals surface area (Å²) in [5, 5.41) is 11.3. The van der Waals surface area contributed by atoms with Gasteiger partial charge in [0.2, 0.25) is 5.91 Å². The fraction of sp³-hybridized carbons (Fsp3) is 0.667. The van der Waals surface area contributed by atoms with Gasteiger partial charge < -0.3 is 19.9 Å². The molecule has 0 aliphatic rings. The molecule has 0 saturated carbocycles. The molecule has 6 heteroatoms. The number of amides is 1. The van der Waals surface area contributed by atoms with Crippen LogP contribution >= 0.6 is 0 Å². The molecule has 1 unspecified atom stereocenters. The fourth-order valence-electron chi connectivity index (χ4n) is 1.10. The molecular formula is C12H21NO5. The van der Waals surface area contributed by atoms with Crippen molar-refractivity contribution in [2.75, 3.05) is 19.8 Å². The van der Waals surface area contributed by atoms with Crippen LogP contribution in [0.1, 0.15) is 20.3 Å². The van der Waals surface area contributed by atoms with Gasteiger partial charge in [0.15, 0.2) is 6.04 Å². The van der Waals surface area contributed by atoms with Crippen LogP contribution in [-0.2, 0) is 19.1 Å². The molecule has 0 aromatic heterocycles. The number of aliphatic carboxylic acids is 1. The Labute approximate surface area is 107 Å². The molecule has 2 N–H and O–H groups in total. The molecule has 0 aliphatic heterocycles. The van der Waals surface area contributed by atoms with Gasteiger partial charge in [0.1, 0.15) is 0 Å². The van der Waals surface area contributed by atoms with E-state index in [4.69, 9.17) is 14.6 Å². The molecule has 0 radical (unpaired) electrons. The molecule has 1 amide bonds. The summed E-state index contributed by atoms with van der Waals surface area (Å²) in [5.74, 6) is -1.50. The molecule has 0 fully saturated rings. The SMILES string of the molecule is C=CCOCC(NC(=O)CCOC(C)C)C(=O)O. The Morgan fingerprint density at radius 3 is 2.61 bits per heavy atom. The first-order chi connectivity index (χ1) is 8.47. The number of carbonyl (C=O) groups excluding carboxylic acids is 1. The highest BCUT2D eigenvalue weighted by Crippen LogP contribution is 1.93. The quantitative estimate of drug-likeness (QED) is 0.442. The van der Waals surface area contributed by atoms with Crippen molar-refractivity contribution in [2.24, 2.45) is 0 Å². The van der Waals surface area contributed by atoms with Gasteiger partial charge in [-0.25, -0.2) is 4.79 Å². The molecule has 0 saturated heterocycles. The maximum atomic E-state index is 11.4. The summed E-state index contributed by atoms with van der Waals surface area (Å²) in [4.78, 5) is 22.3. The Kier molecular flexibility index (Phi) is 8.86. The van der Waals surface area contributed by atoms with Crippen molar-refractivity contribution in [3.8, 4) is 0 Å². The molecule has 1 atom stereocenters. The third-order valence-electron chi connectivity index (χ3n) is 1.93. The van der Waals surface area contributed by atoms with E-state index in [9.17, 15) is 9.59 Å². The lowest BCUT2D eigenvalue weighted by atomic mass is 10.3. The van der Waals surface area contributed by atoms with Crippen molar-refractivity contribution >= 4 is 11.9 Å². The molecule has 104 valence electrons. The number of nitrogens with one attached hydrogen (secondary N) is 1. The second-order valence-electron chi connectivity index (χ2n) is 3.95. The average molecular weight is 259 g/mol. The number of ether oxygens (including phenoxy) is 2. The summed E-state index contributed by atoms with van der Waals surface area (Å²) in [6.45, 7) is 7.60. The van der Waals surface area contributed by atoms with Crippen LogP contribution in [0.5, 0.6) is 0 Å². The van der Waals surface area contributed by atoms with Gasteiger partial charge in [-0.3, -0.25) is 4.79 Å². The lowest BCUT2D eigenvalue weighted by Gasteiger charge is -2.14. The normalized spacial score (nSPS) is 12.2. The summed E-state index contributed by atoms with van der Waals surface area (Å²) in [6, 6.07) is -1.04. The molecule has 6 nitrogen and oxygen atoms in total. The number of carbonyl (C=O) groups is 2. The van der Waals surface area contributed by atoms with Crippen molar-refractivity contribution in [3.05, 3.63) is 12.7 Å². The molecule has 0 aliphatic carbocycles. The highest BCUT2D eigenvalue weighted by molar-refractivity contribution is 5.83. The summed E-state index contributed by atoms with van der Waals surface area (Å²) < 4.78 is 10.2. The van der Waals surface area contributed by atoms with Gasteiger partial charge in [-0.2, -0.15) is 0 Å². The van der Waals surface area contributed by atoms with Crippen LogP contribution in [0.3, 0.4) is 0 Å². The monoisotopic (exact) mass is 259 g/mol. The smallest absolute Gasteiger partial charge is 0.328 e. The van der Waals surface area contributed by atoms with E-state index >= 15 is 0 Å². The van der Waals surface area contributed by atoms with Gasteiger partial charge in [-0.1, -0.05) is 6.08 Å². The Hall–Kier alpha value is -1.40. The van der Waals surface area contributed by atoms with Crippen molar-refractivity contribution in [1.82, 2.24) is 5.32 Å². The third kappa shape index (κ3) is 8.72. The zero-order valence-electron chi connectivity index (χ0n) is 10.8. The van der Waals surface area contributed by atoms with Gasteiger partial charge in [0.05, 0.1) is 25.9 Å². The van der Waals surface area contributed by atoms with E-state index < -0.39 is 12.0 Å². The first-order valence-corrected chi connectivity index (χ1v) is 5.79. The lowest BCUT2D eigenvalue weighted by Crippen LogP contribution is -2.44. The van der Waals surface area contributed by atoms with Crippen LogP contribution in [0.15, 0.2) is 12.7 Å². The molecule has 18 heavy (non-hydrogen) atoms. The van der Waals surface area contributed by atoms with E-state index in [1.807, 2.05) is 13.8 Å². The van der Waals surface area contributed by atoms with Crippen LogP contribution in [-0.4, -0.2) is 48.9 Å². The number of hydrogen-bond acceptors (Lipinski definition) is 4. The van der Waals surface area contributed by atoms with E-state index in [0.717, 1.165) is 0 Å². The Morgan fingerprint density at radius 1 is 1.44 bits per heavy atom. The van der Waals surface area contributed by atoms with Crippen molar-refractivity contribution in [3.63, 3.8) is 0 Å². The van der Waals surface area contributed by atoms with E-state index in [0.29, 0.717) is 0 Å². The number of carboxylic acids is 1. The van der Waals surface area contributed by atoms with E-state index in [-0.39, 0.29) is 38.3 Å². The molecule has 0 heterocycles. The highest BCUT2D eigenvalue weighted by Gasteiger charge is 2.19. The molecule has 0 rings (SSSR count). The molecule has 0 bridgehead atoms. The summed E-state index contributed by atoms with van der Waals surface area (Å²) in [6.07, 6.45) is 1.68. The van der Waals surface area contributed by atoms with Crippen LogP contribution in [0.2, 0.25) is 0 Å². The van der Waals surface area contributed by atoms with Crippen molar-refractivity contribution < 1.29 is 24.2 Å². The second-order valence-corrected chi connectivity index (χ2v) is 3.95. The molecule has 0 aromatic rings. The number of rotatable bonds is 10. The minimum absolute atomic E-state index is 0.0454. The van der Waals surface area contributed by atoms with Crippen LogP contribution in [0.25, 0.3) is 0 Å². The van der Waals surface area contributed by atoms with Gasteiger partial charge in [-0.05, 0) is 13.8 Å². The van der Waals surface area contributed by atoms with Crippen molar-refractivity contribution in [2.45, 2.75) is 32.4 Å². The van der Waals surface area contributed by atoms with E-state index in [1.165, 1.54) is 6.08 Å². The highest BCUT2D eigenvalue weighted by atomic mass is 16.5. The van der Waals surface area contributed by atoms with Crippen LogP contribution in [0, 0.1) is 0 Å². The molecular weight excluding hydrogens is 238 g/mol. The maximum Gasteiger partial charge on any atom is 0.328 e. The standard InChI is InChI=1S/C12H21NO5/c1-4-6-17-8-10(12(15)16)13-11(14)5-7-18-9(2)3/h4,9-10H,1,5-8H2,2-3H3,(H,13,14)(H,15,16). The Bertz CT molecular complexity index is 278. The zero-order valence-corrected chi connectivity index (χ0v) is 10.8. The van der Waals surface area contributed by atoms with Gasteiger partial charge in [0.25, 0.3) is 0 Å². The number of hydrogen-bond donors (Lipinski definition) is 2. The lowest BCUT2D eigenvalue weighted by molar-refractivity contribution is -0.143. The van der Waals surface area contributed by atoms with Crippen LogP contribution in [0.4, 0.5) is 0 Å². The van der Waals surface area contributed by atoms with E-state index in [1.54, 1.807) is 0 Å². The predicted molar refractivity (Wildman–Crippen MR) is 66.3 cm³/mol. The Balaban J connectivity index is 3.95. The summed E-state index contributed by atoms with van der Waals surface area (Å²) >= 11 is 0. The number of carboxylic acid groups (broad SMARTS) is 1. The second kappa shape index (κ2) is 9.61. The Morgan fingerprint density at radius 2 is 2.11 bits per heavy atom. The maximum absolute atomic E-state index is 11.4.